The smallest absolute Gasteiger partial charge is 0.416 e. The largest absolute Gasteiger partial charge is 0.458 e. The molecule has 18 heavy (non-hydrogen) atoms. The Balaban J connectivity index is 2.68. The van der Waals surface area contributed by atoms with Crippen LogP contribution in [0, 0.1) is 5.41 Å². The van der Waals surface area contributed by atoms with E-state index in [1.165, 1.54) is 0 Å². The molecule has 0 aliphatic heterocycles. The lowest BCUT2D eigenvalue weighted by Gasteiger charge is -2.08. The Morgan fingerprint density at radius 3 is 2.28 bits per heavy atom. The molecule has 0 spiro atoms. The molecule has 0 fully saturated rings. The van der Waals surface area contributed by atoms with Crippen LogP contribution in [-0.4, -0.2) is 24.2 Å². The Morgan fingerprint density at radius 1 is 1.28 bits per heavy atom. The quantitative estimate of drug-likeness (QED) is 0.523. The maximum absolute atomic E-state index is 12.3. The molecule has 0 aliphatic rings. The number of halogens is 4. The molecule has 1 N–H and O–H groups in total. The Labute approximate surface area is 106 Å². The second kappa shape index (κ2) is 5.86. The minimum Gasteiger partial charge on any atom is -0.458 e. The highest BCUT2D eigenvalue weighted by Crippen LogP contribution is 2.29. The molecular formula is C11H9ClF3NO2. The number of alkyl halides is 4. The summed E-state index contributed by atoms with van der Waals surface area (Å²) in [5.74, 6) is -1.02. The minimum absolute atomic E-state index is 0.0952. The zero-order valence-corrected chi connectivity index (χ0v) is 9.81. The maximum Gasteiger partial charge on any atom is 0.416 e. The predicted octanol–water partition coefficient (Wildman–Crippen LogP) is 2.86. The van der Waals surface area contributed by atoms with Crippen molar-refractivity contribution in [3.63, 3.8) is 0 Å². The average molecular weight is 280 g/mol. The summed E-state index contributed by atoms with van der Waals surface area (Å²) < 4.78 is 41.4. The van der Waals surface area contributed by atoms with Gasteiger partial charge in [-0.3, -0.25) is 4.79 Å². The molecule has 0 saturated heterocycles. The zero-order valence-electron chi connectivity index (χ0n) is 9.05. The van der Waals surface area contributed by atoms with E-state index in [0.717, 1.165) is 24.3 Å². The molecule has 0 aromatic heterocycles. The van der Waals surface area contributed by atoms with Gasteiger partial charge in [0.15, 0.2) is 0 Å². The SMILES string of the molecule is N=C(COC(=O)CCl)c1ccc(C(F)(F)F)cc1. The summed E-state index contributed by atoms with van der Waals surface area (Å²) in [5.41, 5.74) is -0.635. The molecule has 98 valence electrons. The Hall–Kier alpha value is -1.56. The third kappa shape index (κ3) is 4.03. The van der Waals surface area contributed by atoms with Gasteiger partial charge in [-0.25, -0.2) is 0 Å². The van der Waals surface area contributed by atoms with E-state index in [2.05, 4.69) is 4.74 Å². The van der Waals surface area contributed by atoms with E-state index in [0.29, 0.717) is 0 Å². The van der Waals surface area contributed by atoms with Gasteiger partial charge in [0.25, 0.3) is 0 Å². The first kappa shape index (κ1) is 14.5. The van der Waals surface area contributed by atoms with Crippen molar-refractivity contribution in [3.8, 4) is 0 Å². The number of rotatable bonds is 4. The van der Waals surface area contributed by atoms with Crippen LogP contribution < -0.4 is 0 Å². The van der Waals surface area contributed by atoms with E-state index in [-0.39, 0.29) is 23.8 Å². The van der Waals surface area contributed by atoms with Crippen LogP contribution in [0.3, 0.4) is 0 Å². The molecule has 0 heterocycles. The van der Waals surface area contributed by atoms with Crippen LogP contribution in [0.5, 0.6) is 0 Å². The van der Waals surface area contributed by atoms with E-state index in [1.54, 1.807) is 0 Å². The zero-order chi connectivity index (χ0) is 13.8. The van der Waals surface area contributed by atoms with Gasteiger partial charge in [0.1, 0.15) is 12.5 Å². The normalized spacial score (nSPS) is 11.1. The lowest BCUT2D eigenvalue weighted by molar-refractivity contribution is -0.139. The summed E-state index contributed by atoms with van der Waals surface area (Å²) in [7, 11) is 0. The van der Waals surface area contributed by atoms with E-state index >= 15 is 0 Å². The van der Waals surface area contributed by atoms with Gasteiger partial charge >= 0.3 is 12.1 Å². The van der Waals surface area contributed by atoms with Crippen LogP contribution >= 0.6 is 11.6 Å². The first-order chi connectivity index (χ1) is 8.34. The molecule has 0 radical (unpaired) electrons. The van der Waals surface area contributed by atoms with E-state index < -0.39 is 17.7 Å². The summed E-state index contributed by atoms with van der Waals surface area (Å²) in [5, 5.41) is 7.52. The van der Waals surface area contributed by atoms with Crippen molar-refractivity contribution >= 4 is 23.3 Å². The molecule has 3 nitrogen and oxygen atoms in total. The average Bonchev–Trinajstić information content (AvgIpc) is 2.34. The number of benzene rings is 1. The monoisotopic (exact) mass is 279 g/mol. The van der Waals surface area contributed by atoms with Crippen molar-refractivity contribution in [2.45, 2.75) is 6.18 Å². The van der Waals surface area contributed by atoms with Crippen molar-refractivity contribution < 1.29 is 22.7 Å². The van der Waals surface area contributed by atoms with Crippen LogP contribution in [-0.2, 0) is 15.7 Å². The minimum atomic E-state index is -4.41. The molecule has 0 bridgehead atoms. The van der Waals surface area contributed by atoms with Crippen LogP contribution in [0.15, 0.2) is 24.3 Å². The first-order valence-corrected chi connectivity index (χ1v) is 5.34. The predicted molar refractivity (Wildman–Crippen MR) is 60.0 cm³/mol. The maximum atomic E-state index is 12.3. The molecule has 1 aromatic rings. The van der Waals surface area contributed by atoms with E-state index in [9.17, 15) is 18.0 Å². The highest BCUT2D eigenvalue weighted by atomic mass is 35.5. The van der Waals surface area contributed by atoms with E-state index in [4.69, 9.17) is 17.0 Å². The fourth-order valence-corrected chi connectivity index (χ4v) is 1.21. The third-order valence-electron chi connectivity index (χ3n) is 2.05. The molecule has 0 atom stereocenters. The Morgan fingerprint density at radius 2 is 1.83 bits per heavy atom. The van der Waals surface area contributed by atoms with Crippen LogP contribution in [0.4, 0.5) is 13.2 Å². The van der Waals surface area contributed by atoms with Gasteiger partial charge in [-0.2, -0.15) is 13.2 Å². The van der Waals surface area contributed by atoms with Gasteiger partial charge in [-0.1, -0.05) is 12.1 Å². The van der Waals surface area contributed by atoms with Crippen LogP contribution in [0.1, 0.15) is 11.1 Å². The molecule has 1 aromatic carbocycles. The highest BCUT2D eigenvalue weighted by molar-refractivity contribution is 6.26. The van der Waals surface area contributed by atoms with Crippen molar-refractivity contribution in [2.75, 3.05) is 12.5 Å². The Bertz CT molecular complexity index is 443. The molecule has 0 aliphatic carbocycles. The lowest BCUT2D eigenvalue weighted by Crippen LogP contribution is -2.15. The molecule has 0 amide bonds. The second-order valence-electron chi connectivity index (χ2n) is 3.35. The molecule has 0 saturated carbocycles. The van der Waals surface area contributed by atoms with Crippen LogP contribution in [0.25, 0.3) is 0 Å². The van der Waals surface area contributed by atoms with Gasteiger partial charge in [0.2, 0.25) is 0 Å². The van der Waals surface area contributed by atoms with E-state index in [1.807, 2.05) is 0 Å². The van der Waals surface area contributed by atoms with Gasteiger partial charge < -0.3 is 10.1 Å². The van der Waals surface area contributed by atoms with Crippen molar-refractivity contribution in [1.29, 1.82) is 5.41 Å². The van der Waals surface area contributed by atoms with Crippen molar-refractivity contribution in [3.05, 3.63) is 35.4 Å². The Kier molecular flexibility index (Phi) is 4.72. The van der Waals surface area contributed by atoms with Crippen molar-refractivity contribution in [2.24, 2.45) is 0 Å². The highest BCUT2D eigenvalue weighted by Gasteiger charge is 2.30. The summed E-state index contributed by atoms with van der Waals surface area (Å²) in [6, 6.07) is 4.04. The third-order valence-corrected chi connectivity index (χ3v) is 2.27. The van der Waals surface area contributed by atoms with Gasteiger partial charge in [-0.15, -0.1) is 11.6 Å². The summed E-state index contributed by atoms with van der Waals surface area (Å²) in [6.07, 6.45) is -4.41. The van der Waals surface area contributed by atoms with Crippen LogP contribution in [0.2, 0.25) is 0 Å². The fourth-order valence-electron chi connectivity index (χ4n) is 1.13. The number of nitrogens with one attached hydrogen (secondary N) is 1. The number of hydrogen-bond donors (Lipinski definition) is 1. The fraction of sp³-hybridized carbons (Fsp3) is 0.273. The number of carbonyl (C=O) groups excluding carboxylic acids is 1. The number of esters is 1. The summed E-state index contributed by atoms with van der Waals surface area (Å²) in [4.78, 5) is 10.7. The van der Waals surface area contributed by atoms with Crippen molar-refractivity contribution in [1.82, 2.24) is 0 Å². The van der Waals surface area contributed by atoms with Gasteiger partial charge in [0.05, 0.1) is 11.3 Å². The first-order valence-electron chi connectivity index (χ1n) is 4.81. The molecular weight excluding hydrogens is 271 g/mol. The molecule has 7 heteroatoms. The standard InChI is InChI=1S/C11H9ClF3NO2/c12-5-10(17)18-6-9(16)7-1-3-8(4-2-7)11(13,14)15/h1-4,16H,5-6H2. The second-order valence-corrected chi connectivity index (χ2v) is 3.62. The molecule has 1 rings (SSSR count). The number of hydrogen-bond acceptors (Lipinski definition) is 3. The van der Waals surface area contributed by atoms with Gasteiger partial charge in [0, 0.05) is 0 Å². The summed E-state index contributed by atoms with van der Waals surface area (Å²) in [6.45, 7) is -0.323. The van der Waals surface area contributed by atoms with Gasteiger partial charge in [-0.05, 0) is 17.7 Å². The summed E-state index contributed by atoms with van der Waals surface area (Å²) >= 11 is 5.18. The number of ether oxygens (including phenoxy) is 1. The molecule has 0 unspecified atom stereocenters. The lowest BCUT2D eigenvalue weighted by atomic mass is 10.1. The number of carbonyl (C=O) groups is 1. The topological polar surface area (TPSA) is 50.1 Å².